The van der Waals surface area contributed by atoms with E-state index in [0.717, 1.165) is 11.1 Å². The predicted octanol–water partition coefficient (Wildman–Crippen LogP) is 3.50. The Bertz CT molecular complexity index is 738. The van der Waals surface area contributed by atoms with Gasteiger partial charge < -0.3 is 14.8 Å². The van der Waals surface area contributed by atoms with Gasteiger partial charge in [0.2, 0.25) is 0 Å². The number of rotatable bonds is 5. The zero-order valence-electron chi connectivity index (χ0n) is 14.3. The van der Waals surface area contributed by atoms with Crippen LogP contribution in [0.2, 0.25) is 0 Å². The molecule has 0 bridgehead atoms. The van der Waals surface area contributed by atoms with E-state index in [9.17, 15) is 9.59 Å². The van der Waals surface area contributed by atoms with E-state index in [-0.39, 0.29) is 5.91 Å². The number of ether oxygens (including phenoxy) is 2. The van der Waals surface area contributed by atoms with Crippen LogP contribution in [0.4, 0.5) is 5.69 Å². The highest BCUT2D eigenvalue weighted by atomic mass is 16.5. The normalized spacial score (nSPS) is 11.5. The Balaban J connectivity index is 2.00. The molecule has 126 valence electrons. The number of anilines is 1. The molecule has 0 aliphatic carbocycles. The van der Waals surface area contributed by atoms with Crippen molar-refractivity contribution in [1.82, 2.24) is 0 Å². The molecule has 2 rings (SSSR count). The molecule has 0 heterocycles. The number of esters is 1. The average molecular weight is 327 g/mol. The molecule has 0 unspecified atom stereocenters. The molecule has 2 aromatic rings. The summed E-state index contributed by atoms with van der Waals surface area (Å²) in [5, 5.41) is 2.79. The molecule has 0 spiro atoms. The quantitative estimate of drug-likeness (QED) is 0.854. The molecule has 0 aliphatic heterocycles. The van der Waals surface area contributed by atoms with Gasteiger partial charge in [-0.05, 0) is 62.2 Å². The zero-order valence-corrected chi connectivity index (χ0v) is 14.3. The van der Waals surface area contributed by atoms with Gasteiger partial charge in [-0.2, -0.15) is 0 Å². The van der Waals surface area contributed by atoms with Gasteiger partial charge in [0, 0.05) is 5.69 Å². The van der Waals surface area contributed by atoms with Crippen LogP contribution in [0.15, 0.2) is 42.5 Å². The van der Waals surface area contributed by atoms with Gasteiger partial charge in [0.05, 0.1) is 12.7 Å². The minimum atomic E-state index is -0.903. The lowest BCUT2D eigenvalue weighted by atomic mass is 10.1. The smallest absolute Gasteiger partial charge is 0.338 e. The van der Waals surface area contributed by atoms with E-state index in [4.69, 9.17) is 9.47 Å². The number of methoxy groups -OCH3 is 1. The van der Waals surface area contributed by atoms with Gasteiger partial charge in [0.15, 0.2) is 6.10 Å². The summed E-state index contributed by atoms with van der Waals surface area (Å²) in [4.78, 5) is 24.3. The molecule has 1 atom stereocenters. The molecule has 0 radical (unpaired) electrons. The van der Waals surface area contributed by atoms with Crippen molar-refractivity contribution in [2.24, 2.45) is 0 Å². The van der Waals surface area contributed by atoms with Gasteiger partial charge in [-0.25, -0.2) is 4.79 Å². The largest absolute Gasteiger partial charge is 0.497 e. The summed E-state index contributed by atoms with van der Waals surface area (Å²) in [6.07, 6.45) is -0.903. The van der Waals surface area contributed by atoms with Crippen molar-refractivity contribution in [2.75, 3.05) is 12.4 Å². The van der Waals surface area contributed by atoms with Crippen molar-refractivity contribution in [2.45, 2.75) is 26.9 Å². The van der Waals surface area contributed by atoms with Crippen LogP contribution in [-0.2, 0) is 9.53 Å². The highest BCUT2D eigenvalue weighted by molar-refractivity contribution is 5.97. The van der Waals surface area contributed by atoms with Crippen molar-refractivity contribution in [3.63, 3.8) is 0 Å². The second-order valence-electron chi connectivity index (χ2n) is 5.51. The summed E-state index contributed by atoms with van der Waals surface area (Å²) in [6, 6.07) is 12.2. The van der Waals surface area contributed by atoms with Crippen LogP contribution in [0.3, 0.4) is 0 Å². The number of benzene rings is 2. The minimum Gasteiger partial charge on any atom is -0.497 e. The van der Waals surface area contributed by atoms with E-state index in [1.165, 1.54) is 0 Å². The van der Waals surface area contributed by atoms with Gasteiger partial charge in [-0.1, -0.05) is 12.1 Å². The van der Waals surface area contributed by atoms with Crippen LogP contribution in [0.25, 0.3) is 0 Å². The van der Waals surface area contributed by atoms with Crippen LogP contribution >= 0.6 is 0 Å². The minimum absolute atomic E-state index is 0.363. The molecular weight excluding hydrogens is 306 g/mol. The molecule has 0 fully saturated rings. The van der Waals surface area contributed by atoms with Gasteiger partial charge >= 0.3 is 5.97 Å². The monoisotopic (exact) mass is 327 g/mol. The second kappa shape index (κ2) is 7.64. The number of hydrogen-bond donors (Lipinski definition) is 1. The Kier molecular flexibility index (Phi) is 5.58. The molecule has 0 saturated heterocycles. The third kappa shape index (κ3) is 4.13. The maximum atomic E-state index is 12.2. The standard InChI is InChI=1S/C19H21NO4/c1-12-6-5-7-17(13(12)2)20-18(21)14(3)24-19(22)15-8-10-16(23-4)11-9-15/h5-11,14H,1-4H3,(H,20,21)/t14-/m0/s1. The fourth-order valence-corrected chi connectivity index (χ4v) is 2.13. The lowest BCUT2D eigenvalue weighted by Crippen LogP contribution is -2.30. The first-order valence-corrected chi connectivity index (χ1v) is 7.64. The SMILES string of the molecule is COc1ccc(C(=O)O[C@@H](C)C(=O)Nc2cccc(C)c2C)cc1. The third-order valence-corrected chi connectivity index (χ3v) is 3.84. The third-order valence-electron chi connectivity index (χ3n) is 3.84. The van der Waals surface area contributed by atoms with E-state index < -0.39 is 12.1 Å². The maximum Gasteiger partial charge on any atom is 0.338 e. The van der Waals surface area contributed by atoms with E-state index >= 15 is 0 Å². The fourth-order valence-electron chi connectivity index (χ4n) is 2.13. The first-order chi connectivity index (χ1) is 11.4. The molecule has 5 heteroatoms. The summed E-state index contributed by atoms with van der Waals surface area (Å²) in [5.74, 6) is -0.279. The predicted molar refractivity (Wildman–Crippen MR) is 92.4 cm³/mol. The van der Waals surface area contributed by atoms with Gasteiger partial charge in [-0.15, -0.1) is 0 Å². The average Bonchev–Trinajstić information content (AvgIpc) is 2.58. The number of carbonyl (C=O) groups is 2. The number of hydrogen-bond acceptors (Lipinski definition) is 4. The summed E-state index contributed by atoms with van der Waals surface area (Å²) in [6.45, 7) is 5.44. The molecule has 24 heavy (non-hydrogen) atoms. The Morgan fingerprint density at radius 1 is 1.04 bits per heavy atom. The highest BCUT2D eigenvalue weighted by Gasteiger charge is 2.19. The van der Waals surface area contributed by atoms with E-state index in [1.54, 1.807) is 38.3 Å². The Labute approximate surface area is 141 Å². The number of nitrogens with one attached hydrogen (secondary N) is 1. The Morgan fingerprint density at radius 2 is 1.71 bits per heavy atom. The number of carbonyl (C=O) groups excluding carboxylic acids is 2. The summed E-state index contributed by atoms with van der Waals surface area (Å²) in [5.41, 5.74) is 3.14. The maximum absolute atomic E-state index is 12.2. The fraction of sp³-hybridized carbons (Fsp3) is 0.263. The van der Waals surface area contributed by atoms with Crippen molar-refractivity contribution < 1.29 is 19.1 Å². The first-order valence-electron chi connectivity index (χ1n) is 7.64. The van der Waals surface area contributed by atoms with Crippen LogP contribution in [-0.4, -0.2) is 25.1 Å². The number of aryl methyl sites for hydroxylation is 1. The van der Waals surface area contributed by atoms with Crippen molar-refractivity contribution in [1.29, 1.82) is 0 Å². The van der Waals surface area contributed by atoms with Gasteiger partial charge in [0.25, 0.3) is 5.91 Å². The lowest BCUT2D eigenvalue weighted by Gasteiger charge is -2.15. The summed E-state index contributed by atoms with van der Waals surface area (Å²) < 4.78 is 10.3. The molecule has 0 aromatic heterocycles. The molecular formula is C19H21NO4. The first kappa shape index (κ1) is 17.5. The summed E-state index contributed by atoms with van der Waals surface area (Å²) in [7, 11) is 1.55. The van der Waals surface area contributed by atoms with Crippen molar-refractivity contribution >= 4 is 17.6 Å². The molecule has 0 saturated carbocycles. The molecule has 2 aromatic carbocycles. The van der Waals surface area contributed by atoms with Crippen LogP contribution < -0.4 is 10.1 Å². The Hall–Kier alpha value is -2.82. The molecule has 1 amide bonds. The van der Waals surface area contributed by atoms with E-state index in [1.807, 2.05) is 32.0 Å². The van der Waals surface area contributed by atoms with Gasteiger partial charge in [0.1, 0.15) is 5.75 Å². The topological polar surface area (TPSA) is 64.6 Å². The van der Waals surface area contributed by atoms with Crippen LogP contribution in [0.1, 0.15) is 28.4 Å². The second-order valence-corrected chi connectivity index (χ2v) is 5.51. The molecule has 5 nitrogen and oxygen atoms in total. The van der Waals surface area contributed by atoms with Crippen LogP contribution in [0, 0.1) is 13.8 Å². The van der Waals surface area contributed by atoms with Crippen molar-refractivity contribution in [3.8, 4) is 5.75 Å². The zero-order chi connectivity index (χ0) is 17.7. The number of amides is 1. The molecule has 1 N–H and O–H groups in total. The van der Waals surface area contributed by atoms with E-state index in [2.05, 4.69) is 5.32 Å². The molecule has 0 aliphatic rings. The van der Waals surface area contributed by atoms with E-state index in [0.29, 0.717) is 17.0 Å². The van der Waals surface area contributed by atoms with Crippen molar-refractivity contribution in [3.05, 3.63) is 59.2 Å². The highest BCUT2D eigenvalue weighted by Crippen LogP contribution is 2.18. The Morgan fingerprint density at radius 3 is 2.33 bits per heavy atom. The lowest BCUT2D eigenvalue weighted by molar-refractivity contribution is -0.123. The van der Waals surface area contributed by atoms with Gasteiger partial charge in [-0.3, -0.25) is 4.79 Å². The van der Waals surface area contributed by atoms with Crippen LogP contribution in [0.5, 0.6) is 5.75 Å². The summed E-state index contributed by atoms with van der Waals surface area (Å²) >= 11 is 0.